The molecule has 0 spiro atoms. The molecule has 0 bridgehead atoms. The Morgan fingerprint density at radius 3 is 2.61 bits per heavy atom. The Balaban J connectivity index is 2.92. The fraction of sp³-hybridized carbons (Fsp3) is 0.667. The third-order valence-corrected chi connectivity index (χ3v) is 3.48. The van der Waals surface area contributed by atoms with Crippen molar-refractivity contribution in [1.82, 2.24) is 0 Å². The van der Waals surface area contributed by atoms with Crippen LogP contribution in [0.5, 0.6) is 0 Å². The average Bonchev–Trinajstić information content (AvgIpc) is 2.55. The molecule has 3 nitrogen and oxygen atoms in total. The maximum absolute atomic E-state index is 11.2. The first-order valence-corrected chi connectivity index (χ1v) is 6.52. The lowest BCUT2D eigenvalue weighted by atomic mass is 9.94. The van der Waals surface area contributed by atoms with Gasteiger partial charge in [-0.15, -0.1) is 0 Å². The Kier molecular flexibility index (Phi) is 4.74. The third kappa shape index (κ3) is 3.45. The Morgan fingerprint density at radius 1 is 1.50 bits per heavy atom. The quantitative estimate of drug-likeness (QED) is 0.427. The summed E-state index contributed by atoms with van der Waals surface area (Å²) in [5.41, 5.74) is 0.472. The molecule has 0 N–H and O–H groups in total. The number of ether oxygens (including phenoxy) is 2. The topological polar surface area (TPSA) is 35.5 Å². The minimum absolute atomic E-state index is 0.270. The Labute approximate surface area is 110 Å². The van der Waals surface area contributed by atoms with Crippen LogP contribution in [0.15, 0.2) is 23.8 Å². The van der Waals surface area contributed by atoms with E-state index in [1.54, 1.807) is 0 Å². The molecule has 1 unspecified atom stereocenters. The van der Waals surface area contributed by atoms with Crippen molar-refractivity contribution in [2.24, 2.45) is 0 Å². The summed E-state index contributed by atoms with van der Waals surface area (Å²) in [4.78, 5) is 11.2. The highest BCUT2D eigenvalue weighted by molar-refractivity contribution is 5.82. The zero-order valence-corrected chi connectivity index (χ0v) is 12.1. The van der Waals surface area contributed by atoms with Gasteiger partial charge in [-0.1, -0.05) is 19.8 Å². The minimum atomic E-state index is -0.461. The molecule has 18 heavy (non-hydrogen) atoms. The Hall–Kier alpha value is -1.09. The van der Waals surface area contributed by atoms with Crippen molar-refractivity contribution < 1.29 is 14.3 Å². The van der Waals surface area contributed by atoms with Crippen LogP contribution in [0.4, 0.5) is 0 Å². The van der Waals surface area contributed by atoms with Crippen molar-refractivity contribution >= 4 is 5.97 Å². The SMILES string of the molecule is CCCCC1(/C=C/C(=O)OC)C=C(C)C(C)(C)O1. The Morgan fingerprint density at radius 2 is 2.17 bits per heavy atom. The number of rotatable bonds is 5. The van der Waals surface area contributed by atoms with Crippen LogP contribution in [0, 0.1) is 0 Å². The highest BCUT2D eigenvalue weighted by atomic mass is 16.5. The van der Waals surface area contributed by atoms with Crippen molar-refractivity contribution in [2.45, 2.75) is 58.2 Å². The summed E-state index contributed by atoms with van der Waals surface area (Å²) >= 11 is 0. The van der Waals surface area contributed by atoms with E-state index < -0.39 is 5.60 Å². The zero-order valence-electron chi connectivity index (χ0n) is 12.1. The van der Waals surface area contributed by atoms with E-state index in [9.17, 15) is 4.79 Å². The zero-order chi connectivity index (χ0) is 13.8. The van der Waals surface area contributed by atoms with Crippen LogP contribution in [-0.2, 0) is 14.3 Å². The number of methoxy groups -OCH3 is 1. The number of unbranched alkanes of at least 4 members (excludes halogenated alkanes) is 1. The van der Waals surface area contributed by atoms with Crippen LogP contribution in [0.25, 0.3) is 0 Å². The number of carbonyl (C=O) groups is 1. The molecule has 3 heteroatoms. The molecule has 0 fully saturated rings. The summed E-state index contributed by atoms with van der Waals surface area (Å²) in [6.07, 6.45) is 8.46. The second-order valence-corrected chi connectivity index (χ2v) is 5.35. The molecule has 1 heterocycles. The second kappa shape index (κ2) is 5.70. The van der Waals surface area contributed by atoms with Gasteiger partial charge in [-0.3, -0.25) is 0 Å². The molecule has 1 aliphatic heterocycles. The van der Waals surface area contributed by atoms with Gasteiger partial charge in [-0.25, -0.2) is 4.79 Å². The number of carbonyl (C=O) groups excluding carboxylic acids is 1. The van der Waals surface area contributed by atoms with Gasteiger partial charge in [0.15, 0.2) is 0 Å². The van der Waals surface area contributed by atoms with Gasteiger partial charge in [0.1, 0.15) is 5.60 Å². The van der Waals surface area contributed by atoms with E-state index in [0.29, 0.717) is 0 Å². The lowest BCUT2D eigenvalue weighted by Gasteiger charge is -2.30. The molecule has 0 radical (unpaired) electrons. The van der Waals surface area contributed by atoms with Crippen molar-refractivity contribution in [3.05, 3.63) is 23.8 Å². The molecular formula is C15H24O3. The summed E-state index contributed by atoms with van der Waals surface area (Å²) in [6, 6.07) is 0. The van der Waals surface area contributed by atoms with E-state index in [-0.39, 0.29) is 11.6 Å². The van der Waals surface area contributed by atoms with E-state index in [0.717, 1.165) is 19.3 Å². The van der Waals surface area contributed by atoms with Gasteiger partial charge in [0.05, 0.1) is 12.7 Å². The van der Waals surface area contributed by atoms with Crippen LogP contribution in [-0.4, -0.2) is 24.3 Å². The molecule has 0 saturated heterocycles. The van der Waals surface area contributed by atoms with Gasteiger partial charge in [0, 0.05) is 6.08 Å². The predicted molar refractivity (Wildman–Crippen MR) is 72.3 cm³/mol. The summed E-state index contributed by atoms with van der Waals surface area (Å²) in [6.45, 7) is 8.32. The summed E-state index contributed by atoms with van der Waals surface area (Å²) in [5.74, 6) is -0.342. The molecule has 0 aromatic rings. The fourth-order valence-electron chi connectivity index (χ4n) is 2.14. The fourth-order valence-corrected chi connectivity index (χ4v) is 2.14. The van der Waals surface area contributed by atoms with Crippen molar-refractivity contribution in [3.63, 3.8) is 0 Å². The Bertz CT molecular complexity index is 366. The van der Waals surface area contributed by atoms with Crippen LogP contribution in [0.1, 0.15) is 47.0 Å². The summed E-state index contributed by atoms with van der Waals surface area (Å²) in [7, 11) is 1.38. The molecule has 0 amide bonds. The van der Waals surface area contributed by atoms with Gasteiger partial charge in [0.25, 0.3) is 0 Å². The molecule has 0 aliphatic carbocycles. The lowest BCUT2D eigenvalue weighted by molar-refractivity contribution is -0.135. The molecule has 102 valence electrons. The van der Waals surface area contributed by atoms with Gasteiger partial charge in [0.2, 0.25) is 0 Å². The van der Waals surface area contributed by atoms with E-state index in [1.807, 2.05) is 6.08 Å². The molecule has 1 atom stereocenters. The van der Waals surface area contributed by atoms with Gasteiger partial charge in [-0.2, -0.15) is 0 Å². The maximum Gasteiger partial charge on any atom is 0.330 e. The average molecular weight is 252 g/mol. The van der Waals surface area contributed by atoms with Crippen LogP contribution in [0.3, 0.4) is 0 Å². The first kappa shape index (κ1) is 15.0. The third-order valence-electron chi connectivity index (χ3n) is 3.48. The van der Waals surface area contributed by atoms with Gasteiger partial charge >= 0.3 is 5.97 Å². The smallest absolute Gasteiger partial charge is 0.330 e. The standard InChI is InChI=1S/C15H24O3/c1-6-7-9-15(10-8-13(16)17-5)11-12(2)14(3,4)18-15/h8,10-11H,6-7,9H2,1-5H3/b10-8+. The van der Waals surface area contributed by atoms with E-state index in [1.165, 1.54) is 18.8 Å². The van der Waals surface area contributed by atoms with E-state index in [4.69, 9.17) is 4.74 Å². The van der Waals surface area contributed by atoms with Crippen molar-refractivity contribution in [3.8, 4) is 0 Å². The molecule has 0 aromatic heterocycles. The number of esters is 1. The van der Waals surface area contributed by atoms with E-state index >= 15 is 0 Å². The van der Waals surface area contributed by atoms with Crippen LogP contribution >= 0.6 is 0 Å². The summed E-state index contributed by atoms with van der Waals surface area (Å²) in [5, 5.41) is 0. The van der Waals surface area contributed by atoms with Crippen LogP contribution in [0.2, 0.25) is 0 Å². The normalized spacial score (nSPS) is 26.4. The summed E-state index contributed by atoms with van der Waals surface area (Å²) < 4.78 is 10.8. The lowest BCUT2D eigenvalue weighted by Crippen LogP contribution is -2.32. The number of hydrogen-bond acceptors (Lipinski definition) is 3. The number of hydrogen-bond donors (Lipinski definition) is 0. The van der Waals surface area contributed by atoms with E-state index in [2.05, 4.69) is 38.5 Å². The molecular weight excluding hydrogens is 228 g/mol. The molecule has 0 aromatic carbocycles. The van der Waals surface area contributed by atoms with Crippen LogP contribution < -0.4 is 0 Å². The monoisotopic (exact) mass is 252 g/mol. The second-order valence-electron chi connectivity index (χ2n) is 5.35. The molecule has 1 aliphatic rings. The maximum atomic E-state index is 11.2. The minimum Gasteiger partial charge on any atom is -0.466 e. The largest absolute Gasteiger partial charge is 0.466 e. The predicted octanol–water partition coefficient (Wildman–Crippen LogP) is 3.40. The highest BCUT2D eigenvalue weighted by Gasteiger charge is 2.40. The highest BCUT2D eigenvalue weighted by Crippen LogP contribution is 2.40. The first-order valence-electron chi connectivity index (χ1n) is 6.52. The van der Waals surface area contributed by atoms with Gasteiger partial charge < -0.3 is 9.47 Å². The van der Waals surface area contributed by atoms with Gasteiger partial charge in [-0.05, 0) is 44.9 Å². The molecule has 1 rings (SSSR count). The van der Waals surface area contributed by atoms with Crippen molar-refractivity contribution in [2.75, 3.05) is 7.11 Å². The first-order chi connectivity index (χ1) is 8.35. The van der Waals surface area contributed by atoms with Crippen molar-refractivity contribution in [1.29, 1.82) is 0 Å². The molecule has 0 saturated carbocycles.